The molecule has 0 unspecified atom stereocenters. The lowest BCUT2D eigenvalue weighted by atomic mass is 9.84. The van der Waals surface area contributed by atoms with Crippen molar-refractivity contribution in [2.45, 2.75) is 80.1 Å². The van der Waals surface area contributed by atoms with Crippen LogP contribution in [0.25, 0.3) is 11.1 Å². The molecule has 2 N–H and O–H groups in total. The molecular formula is C49H61ClN4O4S2Si. The maximum absolute atomic E-state index is 13.4. The summed E-state index contributed by atoms with van der Waals surface area (Å²) in [5.74, 6) is 0.500. The Morgan fingerprint density at radius 3 is 2.11 bits per heavy atom. The van der Waals surface area contributed by atoms with Gasteiger partial charge in [-0.1, -0.05) is 87.0 Å². The molecule has 1 aliphatic heterocycles. The van der Waals surface area contributed by atoms with E-state index in [0.717, 1.165) is 61.6 Å². The van der Waals surface area contributed by atoms with Gasteiger partial charge in [-0.3, -0.25) is 4.79 Å². The molecule has 0 aliphatic carbocycles. The zero-order chi connectivity index (χ0) is 43.8. The third-order valence-corrected chi connectivity index (χ3v) is 19.2. The van der Waals surface area contributed by atoms with E-state index in [9.17, 15) is 13.2 Å². The van der Waals surface area contributed by atoms with Gasteiger partial charge in [0.1, 0.15) is 0 Å². The molecule has 0 radical (unpaired) electrons. The smallest absolute Gasteiger partial charge is 0.264 e. The van der Waals surface area contributed by atoms with E-state index in [-0.39, 0.29) is 27.6 Å². The summed E-state index contributed by atoms with van der Waals surface area (Å²) in [5.41, 5.74) is 5.60. The quantitative estimate of drug-likeness (QED) is 0.0705. The number of rotatable bonds is 17. The molecule has 2 atom stereocenters. The highest BCUT2D eigenvalue weighted by Crippen LogP contribution is 2.46. The van der Waals surface area contributed by atoms with Gasteiger partial charge in [-0.05, 0) is 153 Å². The fourth-order valence-corrected chi connectivity index (χ4v) is 10.8. The Kier molecular flexibility index (Phi) is 15.5. The molecule has 8 nitrogen and oxygen atoms in total. The maximum Gasteiger partial charge on any atom is 0.264 e. The van der Waals surface area contributed by atoms with Crippen molar-refractivity contribution in [3.8, 4) is 11.1 Å². The van der Waals surface area contributed by atoms with Gasteiger partial charge in [0.25, 0.3) is 15.9 Å². The van der Waals surface area contributed by atoms with Crippen LogP contribution in [-0.4, -0.2) is 73.1 Å². The molecule has 0 aromatic heterocycles. The number of amides is 1. The average molecular weight is 898 g/mol. The van der Waals surface area contributed by atoms with Crippen molar-refractivity contribution >= 4 is 59.0 Å². The van der Waals surface area contributed by atoms with E-state index in [1.54, 1.807) is 36.0 Å². The highest BCUT2D eigenvalue weighted by molar-refractivity contribution is 7.99. The van der Waals surface area contributed by atoms with Crippen LogP contribution in [0.3, 0.4) is 0 Å². The third kappa shape index (κ3) is 12.5. The number of halogens is 1. The molecular weight excluding hydrogens is 836 g/mol. The van der Waals surface area contributed by atoms with Crippen molar-refractivity contribution in [1.29, 1.82) is 0 Å². The van der Waals surface area contributed by atoms with E-state index < -0.39 is 24.2 Å². The van der Waals surface area contributed by atoms with Crippen LogP contribution in [0.4, 0.5) is 11.4 Å². The Labute approximate surface area is 374 Å². The minimum absolute atomic E-state index is 0.0287. The van der Waals surface area contributed by atoms with Gasteiger partial charge in [0.05, 0.1) is 11.0 Å². The number of hydrogen-bond donors (Lipinski definition) is 2. The second kappa shape index (κ2) is 20.4. The van der Waals surface area contributed by atoms with E-state index in [4.69, 9.17) is 16.0 Å². The molecule has 0 saturated carbocycles. The fraction of sp³-hybridized carbons (Fsp3) is 0.367. The van der Waals surface area contributed by atoms with Crippen molar-refractivity contribution in [3.63, 3.8) is 0 Å². The number of piperidine rings is 1. The van der Waals surface area contributed by atoms with Crippen molar-refractivity contribution in [2.24, 2.45) is 5.92 Å². The minimum Gasteiger partial charge on any atom is -0.410 e. The second-order valence-corrected chi connectivity index (χ2v) is 25.7. The number of sulfonamides is 1. The number of anilines is 2. The predicted molar refractivity (Wildman–Crippen MR) is 258 cm³/mol. The normalized spacial score (nSPS) is 15.1. The SMILES string of the molecule is CN(C)CC[C@H](CSc1ccccc1)Nc1ccc(S(=O)(=O)NC(=O)c2ccc(N3CCC([C@@H](O[Si](C)(C)C(C)(C)C)c4ccccc4-c4ccc(Cl)cc4)CC3)cc2)cc1. The van der Waals surface area contributed by atoms with Crippen molar-refractivity contribution < 1.29 is 17.6 Å². The first kappa shape index (κ1) is 46.4. The van der Waals surface area contributed by atoms with Gasteiger partial charge in [0.15, 0.2) is 8.32 Å². The third-order valence-electron chi connectivity index (χ3n) is 12.0. The number of carbonyl (C=O) groups excluding carboxylic acids is 1. The summed E-state index contributed by atoms with van der Waals surface area (Å²) in [6.45, 7) is 14.1. The van der Waals surface area contributed by atoms with Gasteiger partial charge in [-0.15, -0.1) is 11.8 Å². The molecule has 5 aromatic rings. The first-order chi connectivity index (χ1) is 29.0. The molecule has 61 heavy (non-hydrogen) atoms. The number of carbonyl (C=O) groups is 1. The summed E-state index contributed by atoms with van der Waals surface area (Å²) in [5, 5.41) is 4.34. The van der Waals surface area contributed by atoms with E-state index in [1.165, 1.54) is 28.2 Å². The summed E-state index contributed by atoms with van der Waals surface area (Å²) in [4.78, 5) is 19.0. The molecule has 1 saturated heterocycles. The summed E-state index contributed by atoms with van der Waals surface area (Å²) in [7, 11) is -2.14. The van der Waals surface area contributed by atoms with E-state index >= 15 is 0 Å². The van der Waals surface area contributed by atoms with Gasteiger partial charge >= 0.3 is 0 Å². The van der Waals surface area contributed by atoms with Crippen LogP contribution < -0.4 is 14.9 Å². The van der Waals surface area contributed by atoms with E-state index in [2.05, 4.69) is 116 Å². The van der Waals surface area contributed by atoms with Gasteiger partial charge < -0.3 is 19.5 Å². The molecule has 324 valence electrons. The van der Waals surface area contributed by atoms with Crippen LogP contribution in [0.15, 0.2) is 137 Å². The molecule has 5 aromatic carbocycles. The van der Waals surface area contributed by atoms with Crippen molar-refractivity contribution in [2.75, 3.05) is 49.7 Å². The predicted octanol–water partition coefficient (Wildman–Crippen LogP) is 11.6. The first-order valence-electron chi connectivity index (χ1n) is 21.1. The largest absolute Gasteiger partial charge is 0.410 e. The second-order valence-electron chi connectivity index (χ2n) is 17.8. The average Bonchev–Trinajstić information content (AvgIpc) is 3.24. The first-order valence-corrected chi connectivity index (χ1v) is 26.9. The zero-order valence-corrected chi connectivity index (χ0v) is 39.9. The van der Waals surface area contributed by atoms with Crippen LogP contribution in [0.1, 0.15) is 62.1 Å². The Morgan fingerprint density at radius 2 is 1.49 bits per heavy atom. The van der Waals surface area contributed by atoms with Crippen LogP contribution in [-0.2, 0) is 14.4 Å². The van der Waals surface area contributed by atoms with Crippen LogP contribution >= 0.6 is 23.4 Å². The Hall–Kier alpha value is -4.10. The Balaban J connectivity index is 1.08. The summed E-state index contributed by atoms with van der Waals surface area (Å²) in [6, 6.07) is 40.9. The topological polar surface area (TPSA) is 91.0 Å². The number of nitrogens with zero attached hydrogens (tertiary/aromatic N) is 2. The number of benzene rings is 5. The number of nitrogens with one attached hydrogen (secondary N) is 2. The van der Waals surface area contributed by atoms with Gasteiger partial charge in [0, 0.05) is 51.7 Å². The van der Waals surface area contributed by atoms with Crippen molar-refractivity contribution in [3.05, 3.63) is 144 Å². The highest BCUT2D eigenvalue weighted by atomic mass is 35.5. The molecule has 0 bridgehead atoms. The minimum atomic E-state index is -4.10. The summed E-state index contributed by atoms with van der Waals surface area (Å²) < 4.78 is 36.3. The molecule has 1 aliphatic rings. The van der Waals surface area contributed by atoms with Gasteiger partial charge in [-0.25, -0.2) is 13.1 Å². The molecule has 0 spiro atoms. The zero-order valence-electron chi connectivity index (χ0n) is 36.5. The molecule has 1 fully saturated rings. The van der Waals surface area contributed by atoms with E-state index in [1.807, 2.05) is 42.5 Å². The molecule has 12 heteroatoms. The summed E-state index contributed by atoms with van der Waals surface area (Å²) in [6.07, 6.45) is 2.73. The lowest BCUT2D eigenvalue weighted by Crippen LogP contribution is -2.45. The monoisotopic (exact) mass is 896 g/mol. The number of thioether (sulfide) groups is 1. The van der Waals surface area contributed by atoms with E-state index in [0.29, 0.717) is 10.9 Å². The van der Waals surface area contributed by atoms with Gasteiger partial charge in [0.2, 0.25) is 0 Å². The number of hydrogen-bond acceptors (Lipinski definition) is 8. The van der Waals surface area contributed by atoms with Gasteiger partial charge in [-0.2, -0.15) is 0 Å². The molecule has 1 heterocycles. The Morgan fingerprint density at radius 1 is 0.869 bits per heavy atom. The molecule has 6 rings (SSSR count). The highest BCUT2D eigenvalue weighted by Gasteiger charge is 2.42. The lowest BCUT2D eigenvalue weighted by molar-refractivity contribution is 0.0981. The Bertz CT molecular complexity index is 2300. The van der Waals surface area contributed by atoms with Crippen LogP contribution in [0.5, 0.6) is 0 Å². The summed E-state index contributed by atoms with van der Waals surface area (Å²) >= 11 is 8.06. The van der Waals surface area contributed by atoms with Crippen LogP contribution in [0, 0.1) is 5.92 Å². The van der Waals surface area contributed by atoms with Crippen molar-refractivity contribution in [1.82, 2.24) is 9.62 Å². The fourth-order valence-electron chi connectivity index (χ4n) is 7.36. The maximum atomic E-state index is 13.4. The molecule has 1 amide bonds. The standard InChI is InChI=1S/C49H61ClN4O4S2Si/c1-49(2,3)61(6,7)58-47(46-16-12-11-15-45(46)36-17-21-39(50)22-18-36)37-29-33-54(34-30-37)42-25-19-38(20-26-42)48(55)52-60(56,57)44-27-23-40(24-28-44)51-41(31-32-53(4)5)35-59-43-13-9-8-10-14-43/h8-28,37,41,47,51H,29-35H2,1-7H3,(H,52,55)/t41-,47-/m1/s1. The van der Waals surface area contributed by atoms with Crippen LogP contribution in [0.2, 0.25) is 23.2 Å². The lowest BCUT2D eigenvalue weighted by Gasteiger charge is -2.44.